The molecular weight excluding hydrogens is 445 g/mol. The van der Waals surface area contributed by atoms with Crippen molar-refractivity contribution < 1.29 is 42.4 Å². The Balaban J connectivity index is 2.16. The van der Waals surface area contributed by atoms with E-state index in [9.17, 15) is 27.9 Å². The van der Waals surface area contributed by atoms with Gasteiger partial charge in [-0.2, -0.15) is 0 Å². The smallest absolute Gasteiger partial charge is 0.496 e. The molecule has 178 valence electrons. The molecule has 0 bridgehead atoms. The molecule has 0 saturated heterocycles. The first-order chi connectivity index (χ1) is 15.7. The number of carbonyl (C=O) groups is 2. The summed E-state index contributed by atoms with van der Waals surface area (Å²) in [4.78, 5) is 24.5. The maximum atomic E-state index is 12.5. The second-order valence-electron chi connectivity index (χ2n) is 6.63. The minimum absolute atomic E-state index is 0.0218. The zero-order valence-electron chi connectivity index (χ0n) is 17.6. The third-order valence-electron chi connectivity index (χ3n) is 4.28. The molecule has 0 radical (unpaired) electrons. The van der Waals surface area contributed by atoms with Crippen LogP contribution >= 0.6 is 0 Å². The molecular formula is C22H23F3N2O6. The Labute approximate surface area is 187 Å². The van der Waals surface area contributed by atoms with E-state index in [0.717, 1.165) is 0 Å². The van der Waals surface area contributed by atoms with Crippen molar-refractivity contribution in [2.75, 3.05) is 26.9 Å². The Morgan fingerprint density at radius 1 is 1.09 bits per heavy atom. The number of methoxy groups -OCH3 is 1. The second-order valence-corrected chi connectivity index (χ2v) is 6.63. The first kappa shape index (κ1) is 25.7. The van der Waals surface area contributed by atoms with E-state index >= 15 is 0 Å². The van der Waals surface area contributed by atoms with Crippen LogP contribution in [0.2, 0.25) is 0 Å². The van der Waals surface area contributed by atoms with Gasteiger partial charge in [-0.25, -0.2) is 0 Å². The van der Waals surface area contributed by atoms with Crippen molar-refractivity contribution in [2.45, 2.75) is 12.4 Å². The molecule has 2 rings (SSSR count). The number of carbonyl (C=O) groups excluding carboxylic acids is 2. The molecule has 1 atom stereocenters. The van der Waals surface area contributed by atoms with Gasteiger partial charge in [0.15, 0.2) is 0 Å². The van der Waals surface area contributed by atoms with Crippen molar-refractivity contribution in [3.05, 3.63) is 59.2 Å². The maximum absolute atomic E-state index is 12.5. The standard InChI is InChI=1S/C22H23F3N2O6/c1-32-19-9-6-16(20(30)27-18(13-29)21(31)26-10-11-28)12-15(19)5-2-14-3-7-17(8-4-14)33-22(23,24)25/h2-9,12,18,28-29H,10-11,13H2,1H3,(H,26,31)(H,27,30)/t18-/m0/s1. The lowest BCUT2D eigenvalue weighted by Crippen LogP contribution is -2.49. The predicted molar refractivity (Wildman–Crippen MR) is 113 cm³/mol. The van der Waals surface area contributed by atoms with Gasteiger partial charge in [-0.1, -0.05) is 24.3 Å². The number of alkyl halides is 3. The van der Waals surface area contributed by atoms with Crippen LogP contribution in [0.25, 0.3) is 12.2 Å². The zero-order valence-corrected chi connectivity index (χ0v) is 17.6. The average Bonchev–Trinajstić information content (AvgIpc) is 2.79. The molecule has 2 aromatic rings. The minimum atomic E-state index is -4.78. The number of aliphatic hydroxyl groups is 2. The van der Waals surface area contributed by atoms with Crippen LogP contribution in [-0.2, 0) is 4.79 Å². The van der Waals surface area contributed by atoms with Gasteiger partial charge in [0.2, 0.25) is 5.91 Å². The molecule has 0 aliphatic carbocycles. The number of benzene rings is 2. The molecule has 0 unspecified atom stereocenters. The number of hydrogen-bond donors (Lipinski definition) is 4. The Bertz CT molecular complexity index is 977. The van der Waals surface area contributed by atoms with E-state index < -0.39 is 30.8 Å². The van der Waals surface area contributed by atoms with Crippen molar-refractivity contribution in [3.8, 4) is 11.5 Å². The van der Waals surface area contributed by atoms with E-state index in [-0.39, 0.29) is 24.5 Å². The summed E-state index contributed by atoms with van der Waals surface area (Å²) in [7, 11) is 1.43. The molecule has 2 amide bonds. The number of hydrogen-bond acceptors (Lipinski definition) is 6. The molecule has 0 fully saturated rings. The highest BCUT2D eigenvalue weighted by Gasteiger charge is 2.30. The van der Waals surface area contributed by atoms with Crippen molar-refractivity contribution >= 4 is 24.0 Å². The highest BCUT2D eigenvalue weighted by atomic mass is 19.4. The predicted octanol–water partition coefficient (Wildman–Crippen LogP) is 1.96. The van der Waals surface area contributed by atoms with E-state index in [1.807, 2.05) is 0 Å². The van der Waals surface area contributed by atoms with Crippen LogP contribution in [0.15, 0.2) is 42.5 Å². The highest BCUT2D eigenvalue weighted by Crippen LogP contribution is 2.25. The van der Waals surface area contributed by atoms with Gasteiger partial charge < -0.3 is 30.3 Å². The van der Waals surface area contributed by atoms with Gasteiger partial charge in [0, 0.05) is 17.7 Å². The van der Waals surface area contributed by atoms with Gasteiger partial charge in [0.05, 0.1) is 20.3 Å². The molecule has 8 nitrogen and oxygen atoms in total. The fourth-order valence-electron chi connectivity index (χ4n) is 2.71. The number of rotatable bonds is 10. The van der Waals surface area contributed by atoms with Gasteiger partial charge in [0.1, 0.15) is 17.5 Å². The van der Waals surface area contributed by atoms with Crippen LogP contribution in [0.1, 0.15) is 21.5 Å². The lowest BCUT2D eigenvalue weighted by molar-refractivity contribution is -0.274. The number of halogens is 3. The highest BCUT2D eigenvalue weighted by molar-refractivity contribution is 5.98. The van der Waals surface area contributed by atoms with Gasteiger partial charge in [-0.3, -0.25) is 9.59 Å². The summed E-state index contributed by atoms with van der Waals surface area (Å²) < 4.78 is 45.9. The maximum Gasteiger partial charge on any atom is 0.573 e. The van der Waals surface area contributed by atoms with E-state index in [4.69, 9.17) is 9.84 Å². The third-order valence-corrected chi connectivity index (χ3v) is 4.28. The van der Waals surface area contributed by atoms with Gasteiger partial charge >= 0.3 is 6.36 Å². The summed E-state index contributed by atoms with van der Waals surface area (Å²) in [6, 6.07) is 8.49. The number of nitrogens with one attached hydrogen (secondary N) is 2. The van der Waals surface area contributed by atoms with Crippen molar-refractivity contribution in [2.24, 2.45) is 0 Å². The molecule has 0 heterocycles. The van der Waals surface area contributed by atoms with Crippen molar-refractivity contribution in [1.82, 2.24) is 10.6 Å². The average molecular weight is 468 g/mol. The fraction of sp³-hybridized carbons (Fsp3) is 0.273. The summed E-state index contributed by atoms with van der Waals surface area (Å²) in [6.45, 7) is -0.948. The molecule has 0 spiro atoms. The minimum Gasteiger partial charge on any atom is -0.496 e. The quantitative estimate of drug-likeness (QED) is 0.396. The molecule has 0 aliphatic heterocycles. The van der Waals surface area contributed by atoms with Gasteiger partial charge in [0.25, 0.3) is 5.91 Å². The molecule has 0 saturated carbocycles. The van der Waals surface area contributed by atoms with E-state index in [0.29, 0.717) is 16.9 Å². The zero-order chi connectivity index (χ0) is 24.4. The molecule has 11 heteroatoms. The van der Waals surface area contributed by atoms with Crippen LogP contribution in [0.3, 0.4) is 0 Å². The summed E-state index contributed by atoms with van der Waals surface area (Å²) in [5, 5.41) is 22.9. The molecule has 0 aromatic heterocycles. The normalized spacial score (nSPS) is 12.3. The Kier molecular flexibility index (Phi) is 9.25. The summed E-state index contributed by atoms with van der Waals surface area (Å²) >= 11 is 0. The van der Waals surface area contributed by atoms with Crippen LogP contribution < -0.4 is 20.1 Å². The first-order valence-corrected chi connectivity index (χ1v) is 9.69. The Hall–Kier alpha value is -3.57. The monoisotopic (exact) mass is 468 g/mol. The second kappa shape index (κ2) is 11.9. The molecule has 2 aromatic carbocycles. The molecule has 33 heavy (non-hydrogen) atoms. The lowest BCUT2D eigenvalue weighted by Gasteiger charge is -2.16. The van der Waals surface area contributed by atoms with Crippen LogP contribution in [0.4, 0.5) is 13.2 Å². The largest absolute Gasteiger partial charge is 0.573 e. The topological polar surface area (TPSA) is 117 Å². The molecule has 4 N–H and O–H groups in total. The van der Waals surface area contributed by atoms with Crippen LogP contribution in [0.5, 0.6) is 11.5 Å². The summed E-state index contributed by atoms with van der Waals surface area (Å²) in [6.07, 6.45) is -1.57. The molecule has 0 aliphatic rings. The van der Waals surface area contributed by atoms with E-state index in [1.54, 1.807) is 12.2 Å². The van der Waals surface area contributed by atoms with E-state index in [2.05, 4.69) is 15.4 Å². The van der Waals surface area contributed by atoms with Crippen LogP contribution in [0, 0.1) is 0 Å². The van der Waals surface area contributed by atoms with E-state index in [1.165, 1.54) is 49.6 Å². The SMILES string of the molecule is COc1ccc(C(=O)N[C@@H](CO)C(=O)NCCO)cc1C=Cc1ccc(OC(F)(F)F)cc1. The van der Waals surface area contributed by atoms with Crippen LogP contribution in [-0.4, -0.2) is 61.3 Å². The Morgan fingerprint density at radius 3 is 2.36 bits per heavy atom. The third kappa shape index (κ3) is 8.13. The number of ether oxygens (including phenoxy) is 2. The lowest BCUT2D eigenvalue weighted by atomic mass is 10.1. The van der Waals surface area contributed by atoms with Crippen molar-refractivity contribution in [1.29, 1.82) is 0 Å². The Morgan fingerprint density at radius 2 is 1.79 bits per heavy atom. The number of amides is 2. The fourth-order valence-corrected chi connectivity index (χ4v) is 2.71. The van der Waals surface area contributed by atoms with Gasteiger partial charge in [-0.15, -0.1) is 13.2 Å². The van der Waals surface area contributed by atoms with Crippen molar-refractivity contribution in [3.63, 3.8) is 0 Å². The summed E-state index contributed by atoms with van der Waals surface area (Å²) in [5.41, 5.74) is 1.24. The first-order valence-electron chi connectivity index (χ1n) is 9.69. The summed E-state index contributed by atoms with van der Waals surface area (Å²) in [5.74, 6) is -1.19. The van der Waals surface area contributed by atoms with Gasteiger partial charge in [-0.05, 0) is 35.9 Å². The number of aliphatic hydroxyl groups excluding tert-OH is 2.